The van der Waals surface area contributed by atoms with Gasteiger partial charge in [0.25, 0.3) is 0 Å². The Morgan fingerprint density at radius 2 is 1.93 bits per heavy atom. The Kier molecular flexibility index (Phi) is 9.86. The molecule has 152 valence electrons. The van der Waals surface area contributed by atoms with E-state index < -0.39 is 0 Å². The molecular weight excluding hydrogens is 357 g/mol. The lowest BCUT2D eigenvalue weighted by Gasteiger charge is -2.12. The Labute approximate surface area is 167 Å². The smallest absolute Gasteiger partial charge is 0.191 e. The van der Waals surface area contributed by atoms with Crippen LogP contribution in [-0.2, 0) is 17.7 Å². The first kappa shape index (κ1) is 21.7. The van der Waals surface area contributed by atoms with Gasteiger partial charge in [-0.1, -0.05) is 30.3 Å². The maximum atomic E-state index is 13.7. The fourth-order valence-electron chi connectivity index (χ4n) is 2.66. The van der Waals surface area contributed by atoms with Crippen LogP contribution < -0.4 is 15.4 Å². The summed E-state index contributed by atoms with van der Waals surface area (Å²) in [6, 6.07) is 14.8. The van der Waals surface area contributed by atoms with Gasteiger partial charge in [-0.05, 0) is 42.7 Å². The van der Waals surface area contributed by atoms with Gasteiger partial charge in [-0.25, -0.2) is 9.38 Å². The fourth-order valence-corrected chi connectivity index (χ4v) is 2.66. The van der Waals surface area contributed by atoms with Crippen molar-refractivity contribution in [3.8, 4) is 5.75 Å². The van der Waals surface area contributed by atoms with E-state index in [1.165, 1.54) is 6.07 Å². The SMILES string of the molecule is CCNC(=NCc1cccc(OCCCOC)c1)NCCc1ccccc1F. The maximum Gasteiger partial charge on any atom is 0.191 e. The summed E-state index contributed by atoms with van der Waals surface area (Å²) >= 11 is 0. The molecule has 0 aliphatic rings. The Morgan fingerprint density at radius 1 is 1.07 bits per heavy atom. The van der Waals surface area contributed by atoms with Crippen LogP contribution in [0.3, 0.4) is 0 Å². The summed E-state index contributed by atoms with van der Waals surface area (Å²) in [5, 5.41) is 6.47. The van der Waals surface area contributed by atoms with Crippen molar-refractivity contribution < 1.29 is 13.9 Å². The number of guanidine groups is 1. The van der Waals surface area contributed by atoms with Gasteiger partial charge in [0.15, 0.2) is 5.96 Å². The number of nitrogens with zero attached hydrogens (tertiary/aromatic N) is 1. The van der Waals surface area contributed by atoms with Crippen LogP contribution >= 0.6 is 0 Å². The van der Waals surface area contributed by atoms with Crippen molar-refractivity contribution >= 4 is 5.96 Å². The highest BCUT2D eigenvalue weighted by Crippen LogP contribution is 2.14. The molecule has 0 radical (unpaired) electrons. The molecule has 0 unspecified atom stereocenters. The molecule has 0 saturated carbocycles. The summed E-state index contributed by atoms with van der Waals surface area (Å²) in [7, 11) is 1.69. The predicted octanol–water partition coefficient (Wildman–Crippen LogP) is 3.54. The highest BCUT2D eigenvalue weighted by Gasteiger charge is 2.03. The van der Waals surface area contributed by atoms with Crippen LogP contribution in [0.2, 0.25) is 0 Å². The van der Waals surface area contributed by atoms with Crippen LogP contribution in [0.15, 0.2) is 53.5 Å². The molecule has 0 bridgehead atoms. The summed E-state index contributed by atoms with van der Waals surface area (Å²) in [6.07, 6.45) is 1.46. The van der Waals surface area contributed by atoms with E-state index >= 15 is 0 Å². The van der Waals surface area contributed by atoms with Gasteiger partial charge >= 0.3 is 0 Å². The molecular formula is C22H30FN3O2. The van der Waals surface area contributed by atoms with Gasteiger partial charge in [-0.2, -0.15) is 0 Å². The van der Waals surface area contributed by atoms with E-state index in [1.807, 2.05) is 37.3 Å². The average Bonchev–Trinajstić information content (AvgIpc) is 2.71. The summed E-state index contributed by atoms with van der Waals surface area (Å²) in [5.74, 6) is 1.38. The maximum absolute atomic E-state index is 13.7. The number of benzene rings is 2. The lowest BCUT2D eigenvalue weighted by atomic mass is 10.1. The minimum Gasteiger partial charge on any atom is -0.493 e. The fraction of sp³-hybridized carbons (Fsp3) is 0.409. The van der Waals surface area contributed by atoms with Gasteiger partial charge in [-0.15, -0.1) is 0 Å². The third kappa shape index (κ3) is 7.96. The van der Waals surface area contributed by atoms with Gasteiger partial charge in [-0.3, -0.25) is 0 Å². The van der Waals surface area contributed by atoms with E-state index in [9.17, 15) is 4.39 Å². The molecule has 0 aliphatic heterocycles. The van der Waals surface area contributed by atoms with E-state index in [0.717, 1.165) is 24.3 Å². The van der Waals surface area contributed by atoms with Crippen molar-refractivity contribution in [2.24, 2.45) is 4.99 Å². The standard InChI is InChI=1S/C22H30FN3O2/c1-3-24-22(25-13-12-19-9-4-5-11-21(19)23)26-17-18-8-6-10-20(16-18)28-15-7-14-27-2/h4-6,8-11,16H,3,7,12-15,17H2,1-2H3,(H2,24,25,26). The molecule has 2 N–H and O–H groups in total. The highest BCUT2D eigenvalue weighted by molar-refractivity contribution is 5.79. The quantitative estimate of drug-likeness (QED) is 0.352. The van der Waals surface area contributed by atoms with Crippen molar-refractivity contribution in [1.82, 2.24) is 10.6 Å². The lowest BCUT2D eigenvalue weighted by molar-refractivity contribution is 0.172. The van der Waals surface area contributed by atoms with E-state index in [2.05, 4.69) is 15.6 Å². The largest absolute Gasteiger partial charge is 0.493 e. The molecule has 0 fully saturated rings. The molecule has 28 heavy (non-hydrogen) atoms. The summed E-state index contributed by atoms with van der Waals surface area (Å²) in [4.78, 5) is 4.61. The summed E-state index contributed by atoms with van der Waals surface area (Å²) in [5.41, 5.74) is 1.76. The van der Waals surface area contributed by atoms with Crippen LogP contribution in [0.5, 0.6) is 5.75 Å². The highest BCUT2D eigenvalue weighted by atomic mass is 19.1. The van der Waals surface area contributed by atoms with Gasteiger partial charge in [0.1, 0.15) is 11.6 Å². The van der Waals surface area contributed by atoms with Crippen molar-refractivity contribution in [1.29, 1.82) is 0 Å². The van der Waals surface area contributed by atoms with Crippen molar-refractivity contribution in [2.75, 3.05) is 33.4 Å². The number of halogens is 1. The van der Waals surface area contributed by atoms with E-state index in [0.29, 0.717) is 44.2 Å². The molecule has 0 amide bonds. The first-order chi connectivity index (χ1) is 13.7. The van der Waals surface area contributed by atoms with Gasteiger partial charge in [0.2, 0.25) is 0 Å². The second-order valence-corrected chi connectivity index (χ2v) is 6.31. The van der Waals surface area contributed by atoms with E-state index in [-0.39, 0.29) is 5.82 Å². The minimum absolute atomic E-state index is 0.173. The third-order valence-corrected chi connectivity index (χ3v) is 4.07. The Balaban J connectivity index is 1.86. The number of ether oxygens (including phenoxy) is 2. The molecule has 0 spiro atoms. The molecule has 0 aromatic heterocycles. The topological polar surface area (TPSA) is 54.9 Å². The van der Waals surface area contributed by atoms with Crippen molar-refractivity contribution in [2.45, 2.75) is 26.3 Å². The molecule has 2 rings (SSSR count). The molecule has 2 aromatic rings. The Bertz CT molecular complexity index is 737. The van der Waals surface area contributed by atoms with Crippen molar-refractivity contribution in [3.05, 3.63) is 65.5 Å². The first-order valence-electron chi connectivity index (χ1n) is 9.69. The second kappa shape index (κ2) is 12.7. The van der Waals surface area contributed by atoms with Gasteiger partial charge < -0.3 is 20.1 Å². The van der Waals surface area contributed by atoms with Crippen LogP contribution in [0.4, 0.5) is 4.39 Å². The second-order valence-electron chi connectivity index (χ2n) is 6.31. The summed E-state index contributed by atoms with van der Waals surface area (Å²) in [6.45, 7) is 5.23. The van der Waals surface area contributed by atoms with Crippen molar-refractivity contribution in [3.63, 3.8) is 0 Å². The first-order valence-corrected chi connectivity index (χ1v) is 9.69. The number of hydrogen-bond donors (Lipinski definition) is 2. The number of hydrogen-bond acceptors (Lipinski definition) is 3. The number of nitrogens with one attached hydrogen (secondary N) is 2. The van der Waals surface area contributed by atoms with Crippen LogP contribution in [0.1, 0.15) is 24.5 Å². The number of rotatable bonds is 11. The summed E-state index contributed by atoms with van der Waals surface area (Å²) < 4.78 is 24.5. The molecule has 5 nitrogen and oxygen atoms in total. The third-order valence-electron chi connectivity index (χ3n) is 4.07. The molecule has 6 heteroatoms. The zero-order chi connectivity index (χ0) is 20.0. The molecule has 0 atom stereocenters. The Hall–Kier alpha value is -2.60. The average molecular weight is 387 g/mol. The molecule has 0 saturated heterocycles. The number of aliphatic imine (C=N–C) groups is 1. The molecule has 2 aromatic carbocycles. The van der Waals surface area contributed by atoms with Gasteiger partial charge in [0.05, 0.1) is 13.2 Å². The van der Waals surface area contributed by atoms with Crippen LogP contribution in [0.25, 0.3) is 0 Å². The zero-order valence-electron chi connectivity index (χ0n) is 16.7. The lowest BCUT2D eigenvalue weighted by Crippen LogP contribution is -2.38. The van der Waals surface area contributed by atoms with E-state index in [4.69, 9.17) is 9.47 Å². The molecule has 0 aliphatic carbocycles. The number of methoxy groups -OCH3 is 1. The zero-order valence-corrected chi connectivity index (χ0v) is 16.7. The monoisotopic (exact) mass is 387 g/mol. The predicted molar refractivity (Wildman–Crippen MR) is 111 cm³/mol. The minimum atomic E-state index is -0.173. The van der Waals surface area contributed by atoms with Crippen LogP contribution in [0, 0.1) is 5.82 Å². The van der Waals surface area contributed by atoms with E-state index in [1.54, 1.807) is 19.2 Å². The molecule has 0 heterocycles. The van der Waals surface area contributed by atoms with Gasteiger partial charge in [0, 0.05) is 33.2 Å². The Morgan fingerprint density at radius 3 is 2.71 bits per heavy atom. The van der Waals surface area contributed by atoms with Crippen LogP contribution in [-0.4, -0.2) is 39.4 Å². The normalized spacial score (nSPS) is 11.3.